The SMILES string of the molecule is CC(C)(C)OC(=O)N(Cc1cn2cc(C3CC3)ccc2n1)c1cc(N[S@@](=O)(=N[Si](C)(C)C(C)(C)C)[C@H]2C[C@@H]2c2cccc(Cl)c2)ncn1. The number of fused-ring (bicyclic) bond motifs is 1. The highest BCUT2D eigenvalue weighted by Crippen LogP contribution is 2.49. The van der Waals surface area contributed by atoms with Crippen molar-refractivity contribution in [3.05, 3.63) is 83.0 Å². The normalized spacial score (nSPS) is 19.4. The number of pyridine rings is 1. The standard InChI is InChI=1S/C35H46ClN7O3SSi/c1-34(2,3)46-33(44)43(21-27-20-42-19-25(23-12-13-23)14-15-31(42)39-27)32-18-30(37-22-38-32)40-47(45,41-48(7,8)35(4,5)6)29-17-28(29)24-10-9-11-26(36)16-24/h9-11,14-16,18-20,22-23,28-29H,12-13,17,21H2,1-8H3,(H,37,38,40,41,45)/t28-,29+,47-/m1/s1. The van der Waals surface area contributed by atoms with Gasteiger partial charge in [0.2, 0.25) is 0 Å². The summed E-state index contributed by atoms with van der Waals surface area (Å²) in [6, 6.07) is 13.5. The van der Waals surface area contributed by atoms with Gasteiger partial charge in [0, 0.05) is 29.4 Å². The summed E-state index contributed by atoms with van der Waals surface area (Å²) in [4.78, 5) is 28.8. The Morgan fingerprint density at radius 2 is 1.83 bits per heavy atom. The number of aromatic nitrogens is 4. The topological polar surface area (TPSA) is 114 Å². The number of rotatable bonds is 9. The quantitative estimate of drug-likeness (QED) is 0.174. The highest BCUT2D eigenvalue weighted by Gasteiger charge is 2.49. The molecule has 0 saturated heterocycles. The Morgan fingerprint density at radius 3 is 2.50 bits per heavy atom. The molecule has 1 amide bonds. The average Bonchev–Trinajstić information content (AvgIpc) is 3.90. The van der Waals surface area contributed by atoms with E-state index in [4.69, 9.17) is 25.4 Å². The summed E-state index contributed by atoms with van der Waals surface area (Å²) in [5, 5.41) is 0.287. The zero-order valence-corrected chi connectivity index (χ0v) is 31.6. The lowest BCUT2D eigenvalue weighted by atomic mass is 10.1. The summed E-state index contributed by atoms with van der Waals surface area (Å²) in [5.74, 6) is 1.28. The van der Waals surface area contributed by atoms with E-state index in [1.165, 1.54) is 29.6 Å². The van der Waals surface area contributed by atoms with Crippen molar-refractivity contribution >= 4 is 53.1 Å². The summed E-state index contributed by atoms with van der Waals surface area (Å²) in [6.07, 6.45) is 7.98. The summed E-state index contributed by atoms with van der Waals surface area (Å²) < 4.78 is 31.3. The Balaban J connectivity index is 1.34. The van der Waals surface area contributed by atoms with E-state index in [9.17, 15) is 4.79 Å². The smallest absolute Gasteiger partial charge is 0.416 e. The zero-order chi connectivity index (χ0) is 34.6. The van der Waals surface area contributed by atoms with Gasteiger partial charge in [0.05, 0.1) is 17.5 Å². The van der Waals surface area contributed by atoms with Gasteiger partial charge in [-0.3, -0.25) is 13.7 Å². The number of anilines is 2. The van der Waals surface area contributed by atoms with Gasteiger partial charge in [-0.1, -0.05) is 50.6 Å². The van der Waals surface area contributed by atoms with Crippen molar-refractivity contribution < 1.29 is 13.7 Å². The van der Waals surface area contributed by atoms with Crippen LogP contribution in [-0.2, 0) is 21.2 Å². The van der Waals surface area contributed by atoms with Crippen molar-refractivity contribution in [2.24, 2.45) is 4.03 Å². The number of hydrogen-bond acceptors (Lipinski definition) is 7. The third-order valence-electron chi connectivity index (χ3n) is 9.30. The van der Waals surface area contributed by atoms with Crippen LogP contribution in [0.5, 0.6) is 0 Å². The Labute approximate surface area is 290 Å². The Morgan fingerprint density at radius 1 is 1.08 bits per heavy atom. The lowest BCUT2D eigenvalue weighted by Gasteiger charge is -2.33. The average molecular weight is 708 g/mol. The molecule has 2 aliphatic carbocycles. The maximum Gasteiger partial charge on any atom is 0.416 e. The number of imidazole rings is 1. The molecule has 256 valence electrons. The zero-order valence-electron chi connectivity index (χ0n) is 29.0. The van der Waals surface area contributed by atoms with Crippen LogP contribution in [0.4, 0.5) is 16.4 Å². The molecule has 0 unspecified atom stereocenters. The van der Waals surface area contributed by atoms with Crippen LogP contribution in [0.25, 0.3) is 5.65 Å². The number of carbonyl (C=O) groups excluding carboxylic acids is 1. The first-order valence-electron chi connectivity index (χ1n) is 16.5. The molecule has 3 heterocycles. The molecular formula is C35H46ClN7O3SSi. The van der Waals surface area contributed by atoms with Crippen LogP contribution in [0.15, 0.2) is 65.2 Å². The summed E-state index contributed by atoms with van der Waals surface area (Å²) >= 11 is 6.32. The molecule has 1 N–H and O–H groups in total. The summed E-state index contributed by atoms with van der Waals surface area (Å²) in [7, 11) is -5.41. The van der Waals surface area contributed by atoms with Crippen molar-refractivity contribution in [1.29, 1.82) is 0 Å². The van der Waals surface area contributed by atoms with E-state index in [0.717, 1.165) is 11.2 Å². The molecule has 13 heteroatoms. The minimum Gasteiger partial charge on any atom is -0.443 e. The summed E-state index contributed by atoms with van der Waals surface area (Å²) in [6.45, 7) is 16.3. The largest absolute Gasteiger partial charge is 0.443 e. The van der Waals surface area contributed by atoms with Crippen LogP contribution in [0.1, 0.15) is 89.5 Å². The highest BCUT2D eigenvalue weighted by molar-refractivity contribution is 7.96. The fourth-order valence-corrected chi connectivity index (χ4v) is 11.8. The first-order chi connectivity index (χ1) is 22.4. The van der Waals surface area contributed by atoms with E-state index in [1.54, 1.807) is 6.07 Å². The second-order valence-corrected chi connectivity index (χ2v) is 23.3. The second kappa shape index (κ2) is 12.4. The minimum atomic E-state index is -3.02. The van der Waals surface area contributed by atoms with Crippen LogP contribution in [0.3, 0.4) is 0 Å². The molecule has 2 fully saturated rings. The molecule has 0 radical (unpaired) electrons. The molecule has 0 bridgehead atoms. The first-order valence-corrected chi connectivity index (χ1v) is 21.4. The number of nitrogens with one attached hydrogen (secondary N) is 1. The number of benzene rings is 1. The number of amides is 1. The van der Waals surface area contributed by atoms with E-state index >= 15 is 4.21 Å². The maximum atomic E-state index is 15.1. The molecule has 1 aromatic carbocycles. The predicted octanol–water partition coefficient (Wildman–Crippen LogP) is 8.95. The molecular weight excluding hydrogens is 662 g/mol. The molecule has 3 aromatic heterocycles. The molecule has 10 nitrogen and oxygen atoms in total. The van der Waals surface area contributed by atoms with Gasteiger partial charge in [-0.15, -0.1) is 0 Å². The van der Waals surface area contributed by atoms with Gasteiger partial charge in [0.15, 0.2) is 8.24 Å². The van der Waals surface area contributed by atoms with Gasteiger partial charge in [-0.2, -0.15) is 0 Å². The Kier molecular flexibility index (Phi) is 8.91. The van der Waals surface area contributed by atoms with E-state index in [1.807, 2.05) is 61.7 Å². The lowest BCUT2D eigenvalue weighted by Crippen LogP contribution is -2.38. The van der Waals surface area contributed by atoms with E-state index in [-0.39, 0.29) is 22.8 Å². The third kappa shape index (κ3) is 7.71. The lowest BCUT2D eigenvalue weighted by molar-refractivity contribution is 0.0576. The number of halogens is 1. The Hall–Kier alpha value is -3.48. The third-order valence-corrected chi connectivity index (χ3v) is 18.0. The first kappa shape index (κ1) is 34.4. The van der Waals surface area contributed by atoms with Crippen molar-refractivity contribution in [3.8, 4) is 0 Å². The minimum absolute atomic E-state index is 0.0484. The number of hydrogen-bond donors (Lipinski definition) is 1. The van der Waals surface area contributed by atoms with E-state index in [0.29, 0.717) is 34.7 Å². The van der Waals surface area contributed by atoms with Crippen LogP contribution in [-0.4, -0.2) is 48.7 Å². The second-order valence-electron chi connectivity index (χ2n) is 15.6. The van der Waals surface area contributed by atoms with Crippen LogP contribution >= 0.6 is 11.6 Å². The van der Waals surface area contributed by atoms with Gasteiger partial charge in [-0.05, 0) is 93.4 Å². The monoisotopic (exact) mass is 707 g/mol. The summed E-state index contributed by atoms with van der Waals surface area (Å²) in [5.41, 5.74) is 3.08. The Bertz CT molecular complexity index is 1970. The molecule has 2 saturated carbocycles. The van der Waals surface area contributed by atoms with Crippen molar-refractivity contribution in [2.75, 3.05) is 9.62 Å². The maximum absolute atomic E-state index is 15.1. The van der Waals surface area contributed by atoms with E-state index < -0.39 is 29.8 Å². The van der Waals surface area contributed by atoms with Crippen molar-refractivity contribution in [2.45, 2.75) is 108 Å². The number of nitrogens with zero attached hydrogens (tertiary/aromatic N) is 6. The fraction of sp³-hybridized carbons (Fsp3) is 0.486. The molecule has 48 heavy (non-hydrogen) atoms. The number of carbonyl (C=O) groups is 1. The number of ether oxygens (including phenoxy) is 1. The van der Waals surface area contributed by atoms with Gasteiger partial charge in [0.1, 0.15) is 39.1 Å². The van der Waals surface area contributed by atoms with Gasteiger partial charge in [0.25, 0.3) is 0 Å². The van der Waals surface area contributed by atoms with Crippen molar-refractivity contribution in [1.82, 2.24) is 19.4 Å². The molecule has 6 rings (SSSR count). The molecule has 0 aliphatic heterocycles. The molecule has 4 aromatic rings. The van der Waals surface area contributed by atoms with Gasteiger partial charge in [-0.25, -0.2) is 24.0 Å². The van der Waals surface area contributed by atoms with Crippen LogP contribution < -0.4 is 9.62 Å². The fourth-order valence-electron chi connectivity index (χ4n) is 5.47. The van der Waals surface area contributed by atoms with Gasteiger partial charge >= 0.3 is 6.09 Å². The van der Waals surface area contributed by atoms with Crippen molar-refractivity contribution in [3.63, 3.8) is 0 Å². The van der Waals surface area contributed by atoms with Crippen LogP contribution in [0, 0.1) is 0 Å². The highest BCUT2D eigenvalue weighted by atomic mass is 35.5. The van der Waals surface area contributed by atoms with Crippen LogP contribution in [0.2, 0.25) is 23.2 Å². The van der Waals surface area contributed by atoms with Gasteiger partial charge < -0.3 is 9.14 Å². The molecule has 2 aliphatic rings. The van der Waals surface area contributed by atoms with E-state index in [2.05, 4.69) is 60.8 Å². The molecule has 0 spiro atoms. The molecule has 3 atom stereocenters. The predicted molar refractivity (Wildman–Crippen MR) is 196 cm³/mol.